The van der Waals surface area contributed by atoms with Gasteiger partial charge in [-0.15, -0.1) is 0 Å². The van der Waals surface area contributed by atoms with Gasteiger partial charge >= 0.3 is 51.4 Å². The van der Waals surface area contributed by atoms with Crippen molar-refractivity contribution >= 4 is 11.7 Å². The Labute approximate surface area is 120 Å². The molecule has 0 bridgehead atoms. The minimum absolute atomic E-state index is 0. The molecule has 3 nitrogen and oxygen atoms in total. The van der Waals surface area contributed by atoms with Crippen LogP contribution in [0.1, 0.15) is 10.4 Å². The van der Waals surface area contributed by atoms with Crippen LogP contribution in [0.3, 0.4) is 0 Å². The first kappa shape index (κ1) is 13.1. The van der Waals surface area contributed by atoms with Crippen LogP contribution in [0.25, 0.3) is 0 Å². The number of carbonyl (C=O) groups is 1. The van der Waals surface area contributed by atoms with Crippen molar-refractivity contribution in [2.45, 2.75) is 0 Å². The second-order valence-corrected chi connectivity index (χ2v) is 2.73. The summed E-state index contributed by atoms with van der Waals surface area (Å²) in [6, 6.07) is 6.55. The topological polar surface area (TPSA) is 43.4 Å². The summed E-state index contributed by atoms with van der Waals surface area (Å²) in [6.07, 6.45) is 0. The van der Waals surface area contributed by atoms with Crippen molar-refractivity contribution in [3.8, 4) is 0 Å². The third-order valence-corrected chi connectivity index (χ3v) is 1.62. The molecule has 0 atom stereocenters. The van der Waals surface area contributed by atoms with E-state index in [9.17, 15) is 9.90 Å². The van der Waals surface area contributed by atoms with Crippen LogP contribution >= 0.6 is 0 Å². The van der Waals surface area contributed by atoms with Crippen molar-refractivity contribution in [1.29, 1.82) is 0 Å². The zero-order chi connectivity index (χ0) is 9.14. The fourth-order valence-electron chi connectivity index (χ4n) is 0.896. The number of carboxylic acids is 1. The summed E-state index contributed by atoms with van der Waals surface area (Å²) in [5.74, 6) is -1.14. The smallest absolute Gasteiger partial charge is 0.545 e. The molecule has 0 N–H and O–H groups in total. The quantitative estimate of drug-likeness (QED) is 0.485. The molecule has 0 aliphatic carbocycles. The summed E-state index contributed by atoms with van der Waals surface area (Å²) < 4.78 is 0. The maximum atomic E-state index is 10.4. The number of rotatable bonds is 2. The van der Waals surface area contributed by atoms with Gasteiger partial charge in [-0.3, -0.25) is 0 Å². The van der Waals surface area contributed by atoms with Crippen LogP contribution < -0.4 is 61.4 Å². The molecule has 0 heterocycles. The largest absolute Gasteiger partial charge is 1.00 e. The average molecular weight is 203 g/mol. The summed E-state index contributed by atoms with van der Waals surface area (Å²) >= 11 is 0. The number of hydrogen-bond acceptors (Lipinski definition) is 3. The van der Waals surface area contributed by atoms with E-state index in [0.717, 1.165) is 5.69 Å². The van der Waals surface area contributed by atoms with Crippen LogP contribution in [0.5, 0.6) is 0 Å². The molecule has 0 saturated heterocycles. The van der Waals surface area contributed by atoms with Gasteiger partial charge in [0.2, 0.25) is 0 Å². The van der Waals surface area contributed by atoms with Crippen LogP contribution in [0, 0.1) is 0 Å². The van der Waals surface area contributed by atoms with Crippen LogP contribution in [0.2, 0.25) is 0 Å². The molecule has 0 unspecified atom stereocenters. The molecule has 1 aromatic rings. The van der Waals surface area contributed by atoms with Gasteiger partial charge < -0.3 is 14.8 Å². The van der Waals surface area contributed by atoms with Crippen molar-refractivity contribution < 1.29 is 61.3 Å². The van der Waals surface area contributed by atoms with E-state index in [1.54, 1.807) is 12.1 Å². The number of aromatic carboxylic acids is 1. The van der Waals surface area contributed by atoms with E-state index in [0.29, 0.717) is 0 Å². The zero-order valence-corrected chi connectivity index (χ0v) is 11.2. The van der Waals surface area contributed by atoms with E-state index in [1.165, 1.54) is 12.1 Å². The SMILES string of the molecule is CN(C)c1ccc(C(=O)[O-])cc1.[K+]. The molecule has 0 spiro atoms. The van der Waals surface area contributed by atoms with Gasteiger partial charge in [0.25, 0.3) is 0 Å². The van der Waals surface area contributed by atoms with Gasteiger partial charge in [-0.05, 0) is 17.7 Å². The van der Waals surface area contributed by atoms with Gasteiger partial charge in [-0.25, -0.2) is 0 Å². The van der Waals surface area contributed by atoms with E-state index in [1.807, 2.05) is 19.0 Å². The van der Waals surface area contributed by atoms with Crippen LogP contribution in [0.15, 0.2) is 24.3 Å². The first-order valence-electron chi connectivity index (χ1n) is 3.60. The third-order valence-electron chi connectivity index (χ3n) is 1.62. The van der Waals surface area contributed by atoms with Crippen molar-refractivity contribution in [3.63, 3.8) is 0 Å². The predicted octanol–water partition coefficient (Wildman–Crippen LogP) is -2.88. The molecule has 0 radical (unpaired) electrons. The van der Waals surface area contributed by atoms with E-state index in [4.69, 9.17) is 0 Å². The number of nitrogens with zero attached hydrogens (tertiary/aromatic N) is 1. The number of benzene rings is 1. The Morgan fingerprint density at radius 3 is 2.00 bits per heavy atom. The maximum Gasteiger partial charge on any atom is 1.00 e. The van der Waals surface area contributed by atoms with Gasteiger partial charge in [-0.2, -0.15) is 0 Å². The standard InChI is InChI=1S/C9H11NO2.K/c1-10(2)8-5-3-7(4-6-8)9(11)12;/h3-6H,1-2H3,(H,11,12);/q;+1/p-1. The molecule has 0 aliphatic heterocycles. The molecular weight excluding hydrogens is 193 g/mol. The average Bonchev–Trinajstić information content (AvgIpc) is 2.04. The number of anilines is 1. The predicted molar refractivity (Wildman–Crippen MR) is 45.1 cm³/mol. The number of carbonyl (C=O) groups excluding carboxylic acids is 1. The van der Waals surface area contributed by atoms with Crippen molar-refractivity contribution in [3.05, 3.63) is 29.8 Å². The number of hydrogen-bond donors (Lipinski definition) is 0. The molecule has 1 aromatic carbocycles. The molecule has 4 heteroatoms. The Balaban J connectivity index is 0.00000144. The Hall–Kier alpha value is 0.126. The minimum atomic E-state index is -1.14. The Morgan fingerprint density at radius 2 is 1.69 bits per heavy atom. The zero-order valence-electron chi connectivity index (χ0n) is 8.07. The van der Waals surface area contributed by atoms with Crippen molar-refractivity contribution in [1.82, 2.24) is 0 Å². The van der Waals surface area contributed by atoms with Crippen molar-refractivity contribution in [2.75, 3.05) is 19.0 Å². The van der Waals surface area contributed by atoms with Crippen LogP contribution in [-0.2, 0) is 0 Å². The normalized spacial score (nSPS) is 8.77. The van der Waals surface area contributed by atoms with Gasteiger partial charge in [0.05, 0.1) is 5.97 Å². The molecule has 64 valence electrons. The second-order valence-electron chi connectivity index (χ2n) is 2.73. The number of carboxylic acid groups (broad SMARTS) is 1. The Kier molecular flexibility index (Phi) is 5.83. The molecule has 0 fully saturated rings. The Morgan fingerprint density at radius 1 is 1.23 bits per heavy atom. The monoisotopic (exact) mass is 203 g/mol. The Bertz CT molecular complexity index is 282. The van der Waals surface area contributed by atoms with Crippen molar-refractivity contribution in [2.24, 2.45) is 0 Å². The third kappa shape index (κ3) is 3.78. The molecule has 13 heavy (non-hydrogen) atoms. The first-order valence-corrected chi connectivity index (χ1v) is 3.60. The molecular formula is C9H10KNO2. The van der Waals surface area contributed by atoms with Gasteiger partial charge in [-0.1, -0.05) is 12.1 Å². The van der Waals surface area contributed by atoms with Gasteiger partial charge in [0.15, 0.2) is 0 Å². The molecule has 0 saturated carbocycles. The van der Waals surface area contributed by atoms with E-state index < -0.39 is 5.97 Å². The molecule has 1 rings (SSSR count). The van der Waals surface area contributed by atoms with E-state index in [2.05, 4.69) is 0 Å². The summed E-state index contributed by atoms with van der Waals surface area (Å²) in [4.78, 5) is 12.3. The maximum absolute atomic E-state index is 10.4. The second kappa shape index (κ2) is 5.77. The van der Waals surface area contributed by atoms with E-state index >= 15 is 0 Å². The fraction of sp³-hybridized carbons (Fsp3) is 0.222. The van der Waals surface area contributed by atoms with Gasteiger partial charge in [0.1, 0.15) is 0 Å². The van der Waals surface area contributed by atoms with Crippen LogP contribution in [0.4, 0.5) is 5.69 Å². The molecule has 0 aromatic heterocycles. The fourth-order valence-corrected chi connectivity index (χ4v) is 0.896. The molecule has 0 amide bonds. The van der Waals surface area contributed by atoms with Crippen LogP contribution in [-0.4, -0.2) is 20.1 Å². The summed E-state index contributed by atoms with van der Waals surface area (Å²) in [7, 11) is 3.79. The minimum Gasteiger partial charge on any atom is -0.545 e. The summed E-state index contributed by atoms with van der Waals surface area (Å²) in [6.45, 7) is 0. The summed E-state index contributed by atoms with van der Waals surface area (Å²) in [5.41, 5.74) is 1.18. The summed E-state index contributed by atoms with van der Waals surface area (Å²) in [5, 5.41) is 10.4. The van der Waals surface area contributed by atoms with E-state index in [-0.39, 0.29) is 56.9 Å². The van der Waals surface area contributed by atoms with Gasteiger partial charge in [0, 0.05) is 19.8 Å². The molecule has 0 aliphatic rings. The first-order chi connectivity index (χ1) is 5.61.